The van der Waals surface area contributed by atoms with Gasteiger partial charge in [-0.1, -0.05) is 0 Å². The second kappa shape index (κ2) is 2.53. The van der Waals surface area contributed by atoms with Crippen LogP contribution in [0.15, 0.2) is 10.5 Å². The maximum atomic E-state index is 10.2. The van der Waals surface area contributed by atoms with Gasteiger partial charge in [0.15, 0.2) is 5.76 Å². The molecule has 1 aliphatic rings. The van der Waals surface area contributed by atoms with Crippen LogP contribution in [-0.4, -0.2) is 6.29 Å². The Morgan fingerprint density at radius 2 is 2.18 bits per heavy atom. The molecule has 2 heteroatoms. The van der Waals surface area contributed by atoms with Gasteiger partial charge in [0.2, 0.25) is 0 Å². The Labute approximate surface area is 65.2 Å². The molecule has 1 aliphatic carbocycles. The highest BCUT2D eigenvalue weighted by Gasteiger charge is 2.14. The van der Waals surface area contributed by atoms with Gasteiger partial charge < -0.3 is 4.42 Å². The standard InChI is InChI=1S/C9H9O2/c10-6-8-5-7-3-1-2-4-9(7)11-8/h5H,1-4H2. The Balaban J connectivity index is 2.39. The van der Waals surface area contributed by atoms with Crippen molar-refractivity contribution < 1.29 is 9.21 Å². The molecule has 0 atom stereocenters. The van der Waals surface area contributed by atoms with Crippen LogP contribution in [0.1, 0.15) is 29.9 Å². The van der Waals surface area contributed by atoms with Crippen molar-refractivity contribution in [2.45, 2.75) is 25.7 Å². The van der Waals surface area contributed by atoms with Crippen molar-refractivity contribution in [3.63, 3.8) is 0 Å². The minimum absolute atomic E-state index is 0.358. The average molecular weight is 149 g/mol. The van der Waals surface area contributed by atoms with Crippen LogP contribution in [0.4, 0.5) is 0 Å². The Morgan fingerprint density at radius 3 is 2.91 bits per heavy atom. The number of hydrogen-bond donors (Lipinski definition) is 0. The lowest BCUT2D eigenvalue weighted by Gasteiger charge is -2.07. The molecule has 2 rings (SSSR count). The molecule has 0 N–H and O–H groups in total. The fraction of sp³-hybridized carbons (Fsp3) is 0.444. The van der Waals surface area contributed by atoms with E-state index in [-0.39, 0.29) is 0 Å². The minimum atomic E-state index is 0.358. The van der Waals surface area contributed by atoms with Crippen LogP contribution < -0.4 is 0 Å². The molecule has 0 aromatic carbocycles. The monoisotopic (exact) mass is 149 g/mol. The number of carbonyl (C=O) groups excluding carboxylic acids is 1. The maximum Gasteiger partial charge on any atom is 0.271 e. The molecule has 0 fully saturated rings. The van der Waals surface area contributed by atoms with E-state index in [9.17, 15) is 4.79 Å². The van der Waals surface area contributed by atoms with Gasteiger partial charge in [-0.15, -0.1) is 0 Å². The summed E-state index contributed by atoms with van der Waals surface area (Å²) in [6, 6.07) is 1.81. The number of rotatable bonds is 1. The predicted molar refractivity (Wildman–Crippen MR) is 40.1 cm³/mol. The smallest absolute Gasteiger partial charge is 0.271 e. The van der Waals surface area contributed by atoms with Crippen LogP contribution in [0.5, 0.6) is 0 Å². The average Bonchev–Trinajstić information content (AvgIpc) is 2.46. The summed E-state index contributed by atoms with van der Waals surface area (Å²) in [7, 11) is 0. The van der Waals surface area contributed by atoms with Crippen molar-refractivity contribution >= 4 is 6.29 Å². The van der Waals surface area contributed by atoms with E-state index < -0.39 is 0 Å². The van der Waals surface area contributed by atoms with Gasteiger partial charge in [-0.2, -0.15) is 0 Å². The second-order valence-corrected chi connectivity index (χ2v) is 2.87. The molecule has 0 saturated carbocycles. The number of furan rings is 1. The van der Waals surface area contributed by atoms with E-state index in [1.54, 1.807) is 6.29 Å². The van der Waals surface area contributed by atoms with E-state index in [2.05, 4.69) is 0 Å². The zero-order chi connectivity index (χ0) is 7.68. The van der Waals surface area contributed by atoms with E-state index in [1.807, 2.05) is 6.07 Å². The normalized spacial score (nSPS) is 16.0. The van der Waals surface area contributed by atoms with Crippen molar-refractivity contribution in [2.24, 2.45) is 0 Å². The van der Waals surface area contributed by atoms with Crippen molar-refractivity contribution in [3.8, 4) is 0 Å². The SMILES string of the molecule is O=[C]c1cc2c(o1)CCCC2. The Morgan fingerprint density at radius 1 is 1.36 bits per heavy atom. The summed E-state index contributed by atoms with van der Waals surface area (Å²) in [5.74, 6) is 1.35. The van der Waals surface area contributed by atoms with Crippen LogP contribution >= 0.6 is 0 Å². The molecule has 1 aromatic rings. The first-order valence-corrected chi connectivity index (χ1v) is 3.90. The van der Waals surface area contributed by atoms with Crippen molar-refractivity contribution in [1.29, 1.82) is 0 Å². The first-order valence-electron chi connectivity index (χ1n) is 3.90. The Bertz CT molecular complexity index is 250. The highest BCUT2D eigenvalue weighted by Crippen LogP contribution is 2.23. The lowest BCUT2D eigenvalue weighted by Crippen LogP contribution is -1.97. The summed E-state index contributed by atoms with van der Waals surface area (Å²) < 4.78 is 5.23. The largest absolute Gasteiger partial charge is 0.457 e. The van der Waals surface area contributed by atoms with E-state index in [4.69, 9.17) is 4.42 Å². The molecule has 1 aromatic heterocycles. The topological polar surface area (TPSA) is 30.2 Å². The molecular formula is C9H9O2. The van der Waals surface area contributed by atoms with Gasteiger partial charge in [0.1, 0.15) is 5.76 Å². The first kappa shape index (κ1) is 6.65. The molecule has 11 heavy (non-hydrogen) atoms. The van der Waals surface area contributed by atoms with Crippen molar-refractivity contribution in [2.75, 3.05) is 0 Å². The van der Waals surface area contributed by atoms with Gasteiger partial charge in [0.05, 0.1) is 0 Å². The quantitative estimate of drug-likeness (QED) is 0.607. The van der Waals surface area contributed by atoms with Crippen molar-refractivity contribution in [3.05, 3.63) is 23.2 Å². The third-order valence-corrected chi connectivity index (χ3v) is 2.10. The van der Waals surface area contributed by atoms with Crippen molar-refractivity contribution in [1.82, 2.24) is 0 Å². The number of aryl methyl sites for hydroxylation is 2. The molecule has 57 valence electrons. The van der Waals surface area contributed by atoms with E-state index in [0.29, 0.717) is 5.76 Å². The van der Waals surface area contributed by atoms with Gasteiger partial charge in [0, 0.05) is 6.42 Å². The predicted octanol–water partition coefficient (Wildman–Crippen LogP) is 1.62. The summed E-state index contributed by atoms with van der Waals surface area (Å²) in [5, 5.41) is 0. The minimum Gasteiger partial charge on any atom is -0.457 e. The van der Waals surface area contributed by atoms with Crippen LogP contribution in [-0.2, 0) is 17.6 Å². The molecule has 0 unspecified atom stereocenters. The summed E-state index contributed by atoms with van der Waals surface area (Å²) in [6.45, 7) is 0. The first-order chi connectivity index (χ1) is 5.40. The molecule has 0 aliphatic heterocycles. The summed E-state index contributed by atoms with van der Waals surface area (Å²) in [4.78, 5) is 10.2. The highest BCUT2D eigenvalue weighted by atomic mass is 16.3. The highest BCUT2D eigenvalue weighted by molar-refractivity contribution is 5.71. The summed E-state index contributed by atoms with van der Waals surface area (Å²) in [5.41, 5.74) is 1.20. The lowest BCUT2D eigenvalue weighted by molar-refractivity contribution is 0.462. The lowest BCUT2D eigenvalue weighted by atomic mass is 9.99. The second-order valence-electron chi connectivity index (χ2n) is 2.87. The zero-order valence-electron chi connectivity index (χ0n) is 6.22. The van der Waals surface area contributed by atoms with Gasteiger partial charge in [0.25, 0.3) is 6.29 Å². The third kappa shape index (κ3) is 1.09. The Hall–Kier alpha value is -1.05. The van der Waals surface area contributed by atoms with Crippen LogP contribution in [0.3, 0.4) is 0 Å². The molecular weight excluding hydrogens is 140 g/mol. The summed E-state index contributed by atoms with van der Waals surface area (Å²) >= 11 is 0. The molecule has 2 nitrogen and oxygen atoms in total. The van der Waals surface area contributed by atoms with E-state index in [0.717, 1.165) is 18.6 Å². The molecule has 1 radical (unpaired) electrons. The van der Waals surface area contributed by atoms with Gasteiger partial charge in [-0.25, -0.2) is 0 Å². The number of fused-ring (bicyclic) bond motifs is 1. The van der Waals surface area contributed by atoms with Gasteiger partial charge in [-0.3, -0.25) is 4.79 Å². The zero-order valence-corrected chi connectivity index (χ0v) is 6.22. The van der Waals surface area contributed by atoms with Crippen LogP contribution in [0.25, 0.3) is 0 Å². The number of hydrogen-bond acceptors (Lipinski definition) is 2. The third-order valence-electron chi connectivity index (χ3n) is 2.10. The fourth-order valence-electron chi connectivity index (χ4n) is 1.54. The molecule has 0 spiro atoms. The maximum absolute atomic E-state index is 10.2. The Kier molecular flexibility index (Phi) is 1.53. The van der Waals surface area contributed by atoms with E-state index >= 15 is 0 Å². The van der Waals surface area contributed by atoms with Crippen LogP contribution in [0, 0.1) is 0 Å². The fourth-order valence-corrected chi connectivity index (χ4v) is 1.54. The van der Waals surface area contributed by atoms with E-state index in [1.165, 1.54) is 18.4 Å². The van der Waals surface area contributed by atoms with Gasteiger partial charge in [-0.05, 0) is 30.9 Å². The molecule has 0 saturated heterocycles. The van der Waals surface area contributed by atoms with Crippen LogP contribution in [0.2, 0.25) is 0 Å². The van der Waals surface area contributed by atoms with Gasteiger partial charge >= 0.3 is 0 Å². The molecule has 1 heterocycles. The summed E-state index contributed by atoms with van der Waals surface area (Å²) in [6.07, 6.45) is 6.20. The molecule has 0 amide bonds. The molecule has 0 bridgehead atoms.